The Hall–Kier alpha value is -2.61. The fourth-order valence-corrected chi connectivity index (χ4v) is 3.70. The highest BCUT2D eigenvalue weighted by Crippen LogP contribution is 2.14. The van der Waals surface area contributed by atoms with Crippen LogP contribution in [0.25, 0.3) is 0 Å². The van der Waals surface area contributed by atoms with E-state index in [1.807, 2.05) is 0 Å². The molecule has 0 unspecified atom stereocenters. The molecule has 8 heteroatoms. The maximum Gasteiger partial charge on any atom is 0.289 e. The number of benzene rings is 1. The fraction of sp³-hybridized carbons (Fsp3) is 0.333. The molecule has 0 radical (unpaired) electrons. The molecule has 0 N–H and O–H groups in total. The summed E-state index contributed by atoms with van der Waals surface area (Å²) in [5.41, 5.74) is 1.16. The summed E-state index contributed by atoms with van der Waals surface area (Å²) < 4.78 is 27.8. The topological polar surface area (TPSA) is 87.9 Å². The Labute approximate surface area is 152 Å². The molecule has 0 bridgehead atoms. The minimum atomic E-state index is -3.10. The zero-order chi connectivity index (χ0) is 18.7. The Kier molecular flexibility index (Phi) is 5.13. The predicted octanol–water partition coefficient (Wildman–Crippen LogP) is 1.42. The second-order valence-electron chi connectivity index (χ2n) is 6.33. The van der Waals surface area contributed by atoms with E-state index in [4.69, 9.17) is 4.42 Å². The summed E-state index contributed by atoms with van der Waals surface area (Å²) in [4.78, 5) is 28.2. The molecule has 1 fully saturated rings. The normalized spacial score (nSPS) is 15.1. The zero-order valence-electron chi connectivity index (χ0n) is 14.4. The van der Waals surface area contributed by atoms with Crippen molar-refractivity contribution in [1.82, 2.24) is 9.80 Å². The van der Waals surface area contributed by atoms with Crippen LogP contribution in [-0.2, 0) is 15.6 Å². The quantitative estimate of drug-likeness (QED) is 0.805. The van der Waals surface area contributed by atoms with Gasteiger partial charge in [0.05, 0.1) is 12.0 Å². The number of carbonyl (C=O) groups excluding carboxylic acids is 2. The van der Waals surface area contributed by atoms with E-state index in [9.17, 15) is 18.0 Å². The highest BCUT2D eigenvalue weighted by Gasteiger charge is 2.26. The summed E-state index contributed by atoms with van der Waals surface area (Å²) in [5, 5.41) is 0. The molecule has 26 heavy (non-hydrogen) atoms. The second-order valence-corrected chi connectivity index (χ2v) is 8.47. The highest BCUT2D eigenvalue weighted by atomic mass is 32.2. The lowest BCUT2D eigenvalue weighted by Crippen LogP contribution is -2.50. The lowest BCUT2D eigenvalue weighted by molar-refractivity contribution is 0.0518. The van der Waals surface area contributed by atoms with Crippen LogP contribution in [0.15, 0.2) is 47.1 Å². The lowest BCUT2D eigenvalue weighted by Gasteiger charge is -2.34. The maximum absolute atomic E-state index is 12.6. The Balaban J connectivity index is 1.59. The number of carbonyl (C=O) groups is 2. The van der Waals surface area contributed by atoms with Crippen molar-refractivity contribution in [2.75, 3.05) is 32.4 Å². The van der Waals surface area contributed by atoms with Crippen LogP contribution < -0.4 is 0 Å². The summed E-state index contributed by atoms with van der Waals surface area (Å²) in [7, 11) is -3.10. The monoisotopic (exact) mass is 376 g/mol. The minimum Gasteiger partial charge on any atom is -0.459 e. The van der Waals surface area contributed by atoms with Crippen molar-refractivity contribution in [2.24, 2.45) is 0 Å². The number of nitrogens with zero attached hydrogens (tertiary/aromatic N) is 2. The molecule has 2 amide bonds. The van der Waals surface area contributed by atoms with Crippen molar-refractivity contribution in [1.29, 1.82) is 0 Å². The van der Waals surface area contributed by atoms with Crippen molar-refractivity contribution in [3.63, 3.8) is 0 Å². The molecule has 3 rings (SSSR count). The van der Waals surface area contributed by atoms with E-state index in [2.05, 4.69) is 0 Å². The van der Waals surface area contributed by atoms with Gasteiger partial charge in [0, 0.05) is 38.0 Å². The number of sulfone groups is 1. The van der Waals surface area contributed by atoms with E-state index < -0.39 is 9.84 Å². The summed E-state index contributed by atoms with van der Waals surface area (Å²) in [5.74, 6) is -0.0471. The standard InChI is InChI=1S/C18H20N2O5S/c1-26(23,24)13-14-4-6-15(7-5-14)17(21)19-8-10-20(11-9-19)18(22)16-3-2-12-25-16/h2-7,12H,8-11,13H2,1H3. The lowest BCUT2D eigenvalue weighted by atomic mass is 10.1. The first-order valence-electron chi connectivity index (χ1n) is 8.22. The maximum atomic E-state index is 12.6. The van der Waals surface area contributed by atoms with E-state index in [1.165, 1.54) is 12.5 Å². The SMILES string of the molecule is CS(=O)(=O)Cc1ccc(C(=O)N2CCN(C(=O)c3ccco3)CC2)cc1. The van der Waals surface area contributed by atoms with Gasteiger partial charge in [-0.3, -0.25) is 9.59 Å². The molecule has 1 aliphatic heterocycles. The Bertz CT molecular complexity index is 880. The zero-order valence-corrected chi connectivity index (χ0v) is 15.2. The molecule has 2 aromatic rings. The molecule has 1 aromatic heterocycles. The molecule has 1 aromatic carbocycles. The molecule has 0 aliphatic carbocycles. The molecule has 1 saturated heterocycles. The van der Waals surface area contributed by atoms with Gasteiger partial charge in [-0.05, 0) is 29.8 Å². The largest absolute Gasteiger partial charge is 0.459 e. The van der Waals surface area contributed by atoms with Gasteiger partial charge in [0.25, 0.3) is 11.8 Å². The molecule has 0 atom stereocenters. The molecule has 7 nitrogen and oxygen atoms in total. The molecule has 0 saturated carbocycles. The molecule has 138 valence electrons. The second kappa shape index (κ2) is 7.33. The number of rotatable bonds is 4. The number of hydrogen-bond acceptors (Lipinski definition) is 5. The third-order valence-corrected chi connectivity index (χ3v) is 5.07. The van der Waals surface area contributed by atoms with Gasteiger partial charge in [0.1, 0.15) is 0 Å². The molecule has 1 aliphatic rings. The number of piperazine rings is 1. The predicted molar refractivity (Wildman–Crippen MR) is 95.5 cm³/mol. The summed E-state index contributed by atoms with van der Waals surface area (Å²) in [6, 6.07) is 9.89. The smallest absolute Gasteiger partial charge is 0.289 e. The van der Waals surface area contributed by atoms with Crippen LogP contribution in [0.1, 0.15) is 26.5 Å². The van der Waals surface area contributed by atoms with Gasteiger partial charge in [-0.15, -0.1) is 0 Å². The van der Waals surface area contributed by atoms with Crippen LogP contribution in [0.2, 0.25) is 0 Å². The van der Waals surface area contributed by atoms with Gasteiger partial charge < -0.3 is 14.2 Å². The van der Waals surface area contributed by atoms with E-state index >= 15 is 0 Å². The van der Waals surface area contributed by atoms with Gasteiger partial charge in [-0.1, -0.05) is 12.1 Å². The van der Waals surface area contributed by atoms with E-state index in [0.29, 0.717) is 43.1 Å². The summed E-state index contributed by atoms with van der Waals surface area (Å²) in [6.45, 7) is 1.77. The van der Waals surface area contributed by atoms with Gasteiger partial charge in [-0.25, -0.2) is 8.42 Å². The fourth-order valence-electron chi connectivity index (χ4n) is 2.90. The van der Waals surface area contributed by atoms with Crippen molar-refractivity contribution < 1.29 is 22.4 Å². The van der Waals surface area contributed by atoms with E-state index in [-0.39, 0.29) is 17.6 Å². The van der Waals surface area contributed by atoms with Crippen molar-refractivity contribution in [2.45, 2.75) is 5.75 Å². The molecular weight excluding hydrogens is 356 g/mol. The van der Waals surface area contributed by atoms with Crippen molar-refractivity contribution in [3.05, 3.63) is 59.5 Å². The molecular formula is C18H20N2O5S. The van der Waals surface area contributed by atoms with E-state index in [1.54, 1.807) is 46.2 Å². The van der Waals surface area contributed by atoms with Crippen LogP contribution >= 0.6 is 0 Å². The number of hydrogen-bond donors (Lipinski definition) is 0. The van der Waals surface area contributed by atoms with Gasteiger partial charge in [-0.2, -0.15) is 0 Å². The van der Waals surface area contributed by atoms with Crippen LogP contribution in [0.4, 0.5) is 0 Å². The first-order chi connectivity index (χ1) is 12.3. The summed E-state index contributed by atoms with van der Waals surface area (Å²) >= 11 is 0. The van der Waals surface area contributed by atoms with Crippen molar-refractivity contribution >= 4 is 21.7 Å². The average Bonchev–Trinajstić information content (AvgIpc) is 3.14. The first-order valence-corrected chi connectivity index (χ1v) is 10.3. The van der Waals surface area contributed by atoms with Crippen LogP contribution in [0.5, 0.6) is 0 Å². The van der Waals surface area contributed by atoms with Gasteiger partial charge >= 0.3 is 0 Å². The third kappa shape index (κ3) is 4.32. The van der Waals surface area contributed by atoms with E-state index in [0.717, 1.165) is 0 Å². The van der Waals surface area contributed by atoms with Crippen LogP contribution in [0.3, 0.4) is 0 Å². The van der Waals surface area contributed by atoms with Gasteiger partial charge in [0.15, 0.2) is 15.6 Å². The average molecular weight is 376 g/mol. The Morgan fingerprint density at radius 1 is 0.962 bits per heavy atom. The Morgan fingerprint density at radius 2 is 1.54 bits per heavy atom. The third-order valence-electron chi connectivity index (χ3n) is 4.22. The van der Waals surface area contributed by atoms with Crippen LogP contribution in [0, 0.1) is 0 Å². The van der Waals surface area contributed by atoms with Crippen molar-refractivity contribution in [3.8, 4) is 0 Å². The molecule has 2 heterocycles. The number of furan rings is 1. The van der Waals surface area contributed by atoms with Crippen LogP contribution in [-0.4, -0.2) is 62.5 Å². The molecule has 0 spiro atoms. The van der Waals surface area contributed by atoms with Gasteiger partial charge in [0.2, 0.25) is 0 Å². The summed E-state index contributed by atoms with van der Waals surface area (Å²) in [6.07, 6.45) is 2.63. The Morgan fingerprint density at radius 3 is 2.04 bits per heavy atom. The first kappa shape index (κ1) is 18.2. The number of amides is 2. The highest BCUT2D eigenvalue weighted by molar-refractivity contribution is 7.89. The minimum absolute atomic E-state index is 0.0466.